The van der Waals surface area contributed by atoms with E-state index in [2.05, 4.69) is 0 Å². The van der Waals surface area contributed by atoms with Gasteiger partial charge in [0.15, 0.2) is 6.61 Å². The molecule has 7 nitrogen and oxygen atoms in total. The van der Waals surface area contributed by atoms with E-state index in [4.69, 9.17) is 15.6 Å². The molecule has 2 amide bonds. The van der Waals surface area contributed by atoms with Crippen LogP contribution in [-0.2, 0) is 14.4 Å². The van der Waals surface area contributed by atoms with Crippen molar-refractivity contribution in [3.8, 4) is 5.75 Å². The molecule has 0 aliphatic carbocycles. The third-order valence-corrected chi connectivity index (χ3v) is 2.47. The van der Waals surface area contributed by atoms with Crippen LogP contribution in [0.1, 0.15) is 5.56 Å². The van der Waals surface area contributed by atoms with Gasteiger partial charge in [-0.2, -0.15) is 0 Å². The molecule has 1 aromatic carbocycles. The molecule has 0 saturated heterocycles. The zero-order valence-electron chi connectivity index (χ0n) is 11.0. The van der Waals surface area contributed by atoms with Crippen LogP contribution in [-0.4, -0.2) is 47.5 Å². The largest absolute Gasteiger partial charge is 0.484 e. The number of carbonyl (C=O) groups excluding carboxylic acids is 2. The van der Waals surface area contributed by atoms with Crippen LogP contribution in [0.4, 0.5) is 0 Å². The third kappa shape index (κ3) is 4.97. The van der Waals surface area contributed by atoms with Gasteiger partial charge >= 0.3 is 5.97 Å². The second kappa shape index (κ2) is 7.13. The Morgan fingerprint density at radius 1 is 1.25 bits per heavy atom. The summed E-state index contributed by atoms with van der Waals surface area (Å²) >= 11 is 0. The van der Waals surface area contributed by atoms with Crippen molar-refractivity contribution in [1.29, 1.82) is 0 Å². The second-order valence-corrected chi connectivity index (χ2v) is 4.16. The van der Waals surface area contributed by atoms with E-state index in [-0.39, 0.29) is 6.61 Å². The average molecular weight is 280 g/mol. The zero-order chi connectivity index (χ0) is 15.1. The molecule has 1 aromatic rings. The second-order valence-electron chi connectivity index (χ2n) is 4.16. The number of ether oxygens (including phenoxy) is 1. The molecular weight excluding hydrogens is 264 g/mol. The lowest BCUT2D eigenvalue weighted by Crippen LogP contribution is -2.43. The summed E-state index contributed by atoms with van der Waals surface area (Å²) in [7, 11) is 0. The Labute approximate surface area is 115 Å². The van der Waals surface area contributed by atoms with Gasteiger partial charge in [0.05, 0.1) is 0 Å². The molecule has 0 unspecified atom stereocenters. The van der Waals surface area contributed by atoms with Gasteiger partial charge in [-0.25, -0.2) is 0 Å². The summed E-state index contributed by atoms with van der Waals surface area (Å²) < 4.78 is 5.31. The molecule has 3 N–H and O–H groups in total. The summed E-state index contributed by atoms with van der Waals surface area (Å²) in [5.74, 6) is -2.10. The lowest BCUT2D eigenvalue weighted by Gasteiger charge is -2.19. The fourth-order valence-corrected chi connectivity index (χ4v) is 1.53. The molecular formula is C13H16N2O5. The van der Waals surface area contributed by atoms with E-state index in [0.29, 0.717) is 5.75 Å². The maximum Gasteiger partial charge on any atom is 0.323 e. The van der Waals surface area contributed by atoms with Crippen molar-refractivity contribution >= 4 is 17.8 Å². The quantitative estimate of drug-likeness (QED) is 0.717. The maximum absolute atomic E-state index is 11.8. The summed E-state index contributed by atoms with van der Waals surface area (Å²) in [6.07, 6.45) is 0. The zero-order valence-corrected chi connectivity index (χ0v) is 11.0. The van der Waals surface area contributed by atoms with Gasteiger partial charge in [0.2, 0.25) is 5.91 Å². The molecule has 0 radical (unpaired) electrons. The SMILES string of the molecule is Cc1ccccc1OCC(=O)N(CC(N)=O)CC(=O)O. The Bertz CT molecular complexity index is 499. The molecule has 0 spiro atoms. The van der Waals surface area contributed by atoms with Gasteiger partial charge in [-0.05, 0) is 18.6 Å². The number of para-hydroxylation sites is 1. The number of hydrogen-bond donors (Lipinski definition) is 2. The minimum Gasteiger partial charge on any atom is -0.484 e. The Hall–Kier alpha value is -2.57. The first-order valence-corrected chi connectivity index (χ1v) is 5.86. The van der Waals surface area contributed by atoms with E-state index in [0.717, 1.165) is 10.5 Å². The highest BCUT2D eigenvalue weighted by atomic mass is 16.5. The van der Waals surface area contributed by atoms with Gasteiger partial charge in [0.1, 0.15) is 18.8 Å². The van der Waals surface area contributed by atoms with Crippen molar-refractivity contribution in [2.75, 3.05) is 19.7 Å². The summed E-state index contributed by atoms with van der Waals surface area (Å²) in [6.45, 7) is 0.408. The van der Waals surface area contributed by atoms with E-state index >= 15 is 0 Å². The van der Waals surface area contributed by atoms with Crippen molar-refractivity contribution in [1.82, 2.24) is 4.90 Å². The lowest BCUT2D eigenvalue weighted by atomic mass is 10.2. The molecule has 0 aliphatic heterocycles. The van der Waals surface area contributed by atoms with Crippen LogP contribution in [0.5, 0.6) is 5.75 Å². The number of nitrogens with two attached hydrogens (primary N) is 1. The molecule has 108 valence electrons. The van der Waals surface area contributed by atoms with Crippen LogP contribution >= 0.6 is 0 Å². The Morgan fingerprint density at radius 3 is 2.45 bits per heavy atom. The maximum atomic E-state index is 11.8. The average Bonchev–Trinajstić information content (AvgIpc) is 2.35. The van der Waals surface area contributed by atoms with E-state index < -0.39 is 30.9 Å². The van der Waals surface area contributed by atoms with Gasteiger partial charge in [-0.1, -0.05) is 18.2 Å². The number of benzene rings is 1. The normalized spacial score (nSPS) is 9.85. The van der Waals surface area contributed by atoms with Crippen LogP contribution in [0.3, 0.4) is 0 Å². The van der Waals surface area contributed by atoms with Crippen LogP contribution in [0.2, 0.25) is 0 Å². The number of aryl methyl sites for hydroxylation is 1. The Morgan fingerprint density at radius 2 is 1.90 bits per heavy atom. The van der Waals surface area contributed by atoms with Crippen LogP contribution in [0, 0.1) is 6.92 Å². The van der Waals surface area contributed by atoms with Gasteiger partial charge in [0, 0.05) is 0 Å². The van der Waals surface area contributed by atoms with E-state index in [1.807, 2.05) is 19.1 Å². The summed E-state index contributed by atoms with van der Waals surface area (Å²) in [6, 6.07) is 7.09. The monoisotopic (exact) mass is 280 g/mol. The minimum atomic E-state index is -1.23. The number of primary amides is 1. The molecule has 0 atom stereocenters. The predicted molar refractivity (Wildman–Crippen MR) is 70.1 cm³/mol. The van der Waals surface area contributed by atoms with Crippen molar-refractivity contribution < 1.29 is 24.2 Å². The molecule has 0 saturated carbocycles. The van der Waals surface area contributed by atoms with E-state index in [9.17, 15) is 14.4 Å². The fraction of sp³-hybridized carbons (Fsp3) is 0.308. The number of amides is 2. The predicted octanol–water partition coefficient (Wildman–Crippen LogP) is -0.228. The molecule has 0 aliphatic rings. The topological polar surface area (TPSA) is 110 Å². The first-order valence-electron chi connectivity index (χ1n) is 5.86. The number of carbonyl (C=O) groups is 3. The molecule has 7 heteroatoms. The molecule has 0 bridgehead atoms. The van der Waals surface area contributed by atoms with Crippen molar-refractivity contribution in [3.63, 3.8) is 0 Å². The Kier molecular flexibility index (Phi) is 5.52. The number of hydrogen-bond acceptors (Lipinski definition) is 4. The molecule has 20 heavy (non-hydrogen) atoms. The van der Waals surface area contributed by atoms with Gasteiger partial charge in [-0.3, -0.25) is 14.4 Å². The standard InChI is InChI=1S/C13H16N2O5/c1-9-4-2-3-5-10(9)20-8-12(17)15(6-11(14)16)7-13(18)19/h2-5H,6-8H2,1H3,(H2,14,16)(H,18,19). The molecule has 0 heterocycles. The number of nitrogens with zero attached hydrogens (tertiary/aromatic N) is 1. The molecule has 0 fully saturated rings. The molecule has 1 rings (SSSR count). The lowest BCUT2D eigenvalue weighted by molar-refractivity contribution is -0.146. The molecule has 0 aromatic heterocycles. The van der Waals surface area contributed by atoms with Crippen molar-refractivity contribution in [2.45, 2.75) is 6.92 Å². The summed E-state index contributed by atoms with van der Waals surface area (Å²) in [5, 5.41) is 8.69. The number of carboxylic acids is 1. The number of rotatable bonds is 7. The van der Waals surface area contributed by atoms with E-state index in [1.54, 1.807) is 12.1 Å². The third-order valence-electron chi connectivity index (χ3n) is 2.47. The van der Waals surface area contributed by atoms with Gasteiger partial charge < -0.3 is 20.5 Å². The Balaban J connectivity index is 2.64. The van der Waals surface area contributed by atoms with Gasteiger partial charge in [0.25, 0.3) is 5.91 Å². The highest BCUT2D eigenvalue weighted by Crippen LogP contribution is 2.15. The first kappa shape index (κ1) is 15.5. The van der Waals surface area contributed by atoms with Gasteiger partial charge in [-0.15, -0.1) is 0 Å². The highest BCUT2D eigenvalue weighted by molar-refractivity contribution is 5.87. The number of carboxylic acid groups (broad SMARTS) is 1. The van der Waals surface area contributed by atoms with Crippen LogP contribution in [0.25, 0.3) is 0 Å². The summed E-state index contributed by atoms with van der Waals surface area (Å²) in [5.41, 5.74) is 5.82. The van der Waals surface area contributed by atoms with Crippen molar-refractivity contribution in [2.24, 2.45) is 5.73 Å². The minimum absolute atomic E-state index is 0.356. The van der Waals surface area contributed by atoms with Crippen LogP contribution in [0.15, 0.2) is 24.3 Å². The number of aliphatic carboxylic acids is 1. The first-order chi connectivity index (χ1) is 9.40. The highest BCUT2D eigenvalue weighted by Gasteiger charge is 2.19. The van der Waals surface area contributed by atoms with Crippen molar-refractivity contribution in [3.05, 3.63) is 29.8 Å². The van der Waals surface area contributed by atoms with Crippen LogP contribution < -0.4 is 10.5 Å². The fourth-order valence-electron chi connectivity index (χ4n) is 1.53. The summed E-state index contributed by atoms with van der Waals surface area (Å²) in [4.78, 5) is 34.1. The smallest absolute Gasteiger partial charge is 0.323 e. The van der Waals surface area contributed by atoms with E-state index in [1.165, 1.54) is 0 Å².